The summed E-state index contributed by atoms with van der Waals surface area (Å²) in [5.41, 5.74) is 3.72. The van der Waals surface area contributed by atoms with Crippen molar-refractivity contribution in [1.29, 1.82) is 0 Å². The Morgan fingerprint density at radius 3 is 2.76 bits per heavy atom. The van der Waals surface area contributed by atoms with Gasteiger partial charge in [0, 0.05) is 36.2 Å². The van der Waals surface area contributed by atoms with Gasteiger partial charge in [0.1, 0.15) is 5.69 Å². The largest absolute Gasteiger partial charge is 0.339 e. The summed E-state index contributed by atoms with van der Waals surface area (Å²) < 4.78 is 17.1. The van der Waals surface area contributed by atoms with E-state index in [-0.39, 0.29) is 5.91 Å². The van der Waals surface area contributed by atoms with E-state index in [4.69, 9.17) is 0 Å². The van der Waals surface area contributed by atoms with Gasteiger partial charge in [-0.3, -0.25) is 10.1 Å². The molecule has 0 unspecified atom stereocenters. The van der Waals surface area contributed by atoms with Crippen LogP contribution >= 0.6 is 11.3 Å². The zero-order chi connectivity index (χ0) is 23.3. The number of hydrogen-bond donors (Lipinski definition) is 1. The first-order chi connectivity index (χ1) is 16.6. The quantitative estimate of drug-likeness (QED) is 0.334. The lowest BCUT2D eigenvalue weighted by Crippen LogP contribution is -2.17. The minimum absolute atomic E-state index is 0.286. The first kappa shape index (κ1) is 21.5. The third kappa shape index (κ3) is 5.00. The number of hydrogen-bond acceptors (Lipinski definition) is 5. The van der Waals surface area contributed by atoms with Crippen LogP contribution in [0.25, 0.3) is 17.8 Å². The lowest BCUT2D eigenvalue weighted by atomic mass is 10.2. The zero-order valence-corrected chi connectivity index (χ0v) is 18.7. The van der Waals surface area contributed by atoms with Crippen LogP contribution in [-0.2, 0) is 6.54 Å². The van der Waals surface area contributed by atoms with Crippen molar-refractivity contribution in [3.05, 3.63) is 113 Å². The van der Waals surface area contributed by atoms with Crippen molar-refractivity contribution < 1.29 is 9.18 Å². The van der Waals surface area contributed by atoms with E-state index in [1.54, 1.807) is 35.3 Å². The highest BCUT2D eigenvalue weighted by atomic mass is 32.1. The SMILES string of the molecule is O=C(Nc1nc(C=Cc2cn(-c3ccccc3)cn2)cs1)c1cccn1Cc1ccnc(F)c1. The first-order valence-corrected chi connectivity index (χ1v) is 11.3. The molecule has 1 N–H and O–H groups in total. The van der Waals surface area contributed by atoms with E-state index in [1.807, 2.05) is 58.6 Å². The highest BCUT2D eigenvalue weighted by Crippen LogP contribution is 2.19. The van der Waals surface area contributed by atoms with E-state index in [9.17, 15) is 9.18 Å². The fourth-order valence-electron chi connectivity index (χ4n) is 3.41. The summed E-state index contributed by atoms with van der Waals surface area (Å²) in [5, 5.41) is 5.18. The number of nitrogens with zero attached hydrogens (tertiary/aromatic N) is 5. The number of halogens is 1. The monoisotopic (exact) mass is 470 g/mol. The number of amides is 1. The Labute approximate surface area is 198 Å². The van der Waals surface area contributed by atoms with Crippen LogP contribution < -0.4 is 5.32 Å². The van der Waals surface area contributed by atoms with Gasteiger partial charge >= 0.3 is 0 Å². The van der Waals surface area contributed by atoms with Crippen molar-refractivity contribution in [3.8, 4) is 5.69 Å². The molecular weight excluding hydrogens is 451 g/mol. The van der Waals surface area contributed by atoms with Crippen LogP contribution in [0.2, 0.25) is 0 Å². The van der Waals surface area contributed by atoms with Crippen LogP contribution in [-0.4, -0.2) is 30.0 Å². The van der Waals surface area contributed by atoms with Gasteiger partial charge in [-0.2, -0.15) is 4.39 Å². The second kappa shape index (κ2) is 9.63. The number of pyridine rings is 1. The van der Waals surface area contributed by atoms with Gasteiger partial charge in [0.05, 0.1) is 17.7 Å². The van der Waals surface area contributed by atoms with Gasteiger partial charge in [-0.25, -0.2) is 15.0 Å². The van der Waals surface area contributed by atoms with Crippen molar-refractivity contribution in [2.45, 2.75) is 6.54 Å². The molecule has 1 aromatic carbocycles. The molecule has 168 valence electrons. The van der Waals surface area contributed by atoms with E-state index >= 15 is 0 Å². The maximum Gasteiger partial charge on any atom is 0.274 e. The van der Waals surface area contributed by atoms with Gasteiger partial charge in [0.25, 0.3) is 5.91 Å². The van der Waals surface area contributed by atoms with Crippen LogP contribution in [0, 0.1) is 5.95 Å². The highest BCUT2D eigenvalue weighted by molar-refractivity contribution is 7.14. The molecule has 5 aromatic rings. The molecule has 0 aliphatic carbocycles. The number of thiazole rings is 1. The summed E-state index contributed by atoms with van der Waals surface area (Å²) in [6.45, 7) is 0.358. The zero-order valence-electron chi connectivity index (χ0n) is 17.9. The van der Waals surface area contributed by atoms with Crippen molar-refractivity contribution in [2.75, 3.05) is 5.32 Å². The fourth-order valence-corrected chi connectivity index (χ4v) is 4.09. The molecule has 5 rings (SSSR count). The Kier molecular flexibility index (Phi) is 6.09. The topological polar surface area (TPSA) is 77.6 Å². The van der Waals surface area contributed by atoms with E-state index < -0.39 is 5.95 Å². The average Bonchev–Trinajstić information content (AvgIpc) is 3.60. The molecule has 1 amide bonds. The third-order valence-electron chi connectivity index (χ3n) is 5.03. The first-order valence-electron chi connectivity index (χ1n) is 10.4. The molecule has 34 heavy (non-hydrogen) atoms. The summed E-state index contributed by atoms with van der Waals surface area (Å²) in [6.07, 6.45) is 10.6. The Hall–Kier alpha value is -4.37. The molecule has 9 heteroatoms. The number of anilines is 1. The lowest BCUT2D eigenvalue weighted by molar-refractivity contribution is 0.101. The van der Waals surface area contributed by atoms with Crippen molar-refractivity contribution in [3.63, 3.8) is 0 Å². The van der Waals surface area contributed by atoms with Crippen molar-refractivity contribution in [2.24, 2.45) is 0 Å². The maximum absolute atomic E-state index is 13.4. The average molecular weight is 471 g/mol. The Bertz CT molecular complexity index is 1450. The van der Waals surface area contributed by atoms with Gasteiger partial charge < -0.3 is 9.13 Å². The number of aromatic nitrogens is 5. The smallest absolute Gasteiger partial charge is 0.274 e. The van der Waals surface area contributed by atoms with Crippen molar-refractivity contribution in [1.82, 2.24) is 24.1 Å². The van der Waals surface area contributed by atoms with Crippen LogP contribution in [0.5, 0.6) is 0 Å². The van der Waals surface area contributed by atoms with Gasteiger partial charge in [-0.15, -0.1) is 11.3 Å². The molecule has 4 heterocycles. The second-order valence-corrected chi connectivity index (χ2v) is 8.27. The summed E-state index contributed by atoms with van der Waals surface area (Å²) >= 11 is 1.34. The summed E-state index contributed by atoms with van der Waals surface area (Å²) in [6, 6.07) is 16.5. The molecule has 4 aromatic heterocycles. The fraction of sp³-hybridized carbons (Fsp3) is 0.0400. The number of rotatable bonds is 7. The number of carbonyl (C=O) groups is 1. The number of carbonyl (C=O) groups excluding carboxylic acids is 1. The second-order valence-electron chi connectivity index (χ2n) is 7.41. The minimum Gasteiger partial charge on any atom is -0.339 e. The molecule has 0 radical (unpaired) electrons. The Balaban J connectivity index is 1.23. The number of benzene rings is 1. The molecule has 0 saturated carbocycles. The standard InChI is InChI=1S/C25H19FN6OS/c26-23-13-18(10-11-27-23)14-31-12-4-7-22(31)24(33)30-25-29-20(16-34-25)9-8-19-15-32(17-28-19)21-5-2-1-3-6-21/h1-13,15-17H,14H2,(H,29,30,33). The van der Waals surface area contributed by atoms with E-state index in [2.05, 4.69) is 20.3 Å². The minimum atomic E-state index is -0.550. The highest BCUT2D eigenvalue weighted by Gasteiger charge is 2.13. The van der Waals surface area contributed by atoms with Crippen molar-refractivity contribution >= 4 is 34.5 Å². The van der Waals surface area contributed by atoms with Gasteiger partial charge in [-0.1, -0.05) is 18.2 Å². The molecule has 7 nitrogen and oxygen atoms in total. The molecule has 0 saturated heterocycles. The van der Waals surface area contributed by atoms with Gasteiger partial charge in [-0.05, 0) is 54.1 Å². The normalized spacial score (nSPS) is 11.2. The molecule has 0 bridgehead atoms. The predicted octanol–water partition coefficient (Wildman–Crippen LogP) is 5.14. The van der Waals surface area contributed by atoms with E-state index in [0.29, 0.717) is 22.9 Å². The molecule has 0 aliphatic heterocycles. The van der Waals surface area contributed by atoms with E-state index in [0.717, 1.165) is 17.1 Å². The van der Waals surface area contributed by atoms with Crippen LogP contribution in [0.3, 0.4) is 0 Å². The molecule has 0 spiro atoms. The number of imidazole rings is 1. The van der Waals surface area contributed by atoms with Gasteiger partial charge in [0.15, 0.2) is 5.13 Å². The summed E-state index contributed by atoms with van der Waals surface area (Å²) in [5.74, 6) is -0.836. The van der Waals surface area contributed by atoms with E-state index in [1.165, 1.54) is 23.6 Å². The van der Waals surface area contributed by atoms with Crippen LogP contribution in [0.15, 0.2) is 84.9 Å². The van der Waals surface area contributed by atoms with Gasteiger partial charge in [0.2, 0.25) is 5.95 Å². The van der Waals surface area contributed by atoms with Crippen LogP contribution in [0.4, 0.5) is 9.52 Å². The number of para-hydroxylation sites is 1. The Morgan fingerprint density at radius 2 is 1.91 bits per heavy atom. The molecule has 0 fully saturated rings. The molecular formula is C25H19FN6OS. The number of nitrogens with one attached hydrogen (secondary N) is 1. The molecule has 0 atom stereocenters. The Morgan fingerprint density at radius 1 is 1.06 bits per heavy atom. The molecule has 0 aliphatic rings. The third-order valence-corrected chi connectivity index (χ3v) is 5.81. The predicted molar refractivity (Wildman–Crippen MR) is 130 cm³/mol. The summed E-state index contributed by atoms with van der Waals surface area (Å²) in [7, 11) is 0. The lowest BCUT2D eigenvalue weighted by Gasteiger charge is -2.09. The summed E-state index contributed by atoms with van der Waals surface area (Å²) in [4.78, 5) is 25.2. The van der Waals surface area contributed by atoms with Crippen LogP contribution in [0.1, 0.15) is 27.4 Å². The maximum atomic E-state index is 13.4.